The molecule has 8 heteroatoms. The van der Waals surface area contributed by atoms with Crippen LogP contribution in [0.15, 0.2) is 47.8 Å². The van der Waals surface area contributed by atoms with Crippen molar-refractivity contribution in [1.29, 1.82) is 0 Å². The zero-order chi connectivity index (χ0) is 21.0. The van der Waals surface area contributed by atoms with E-state index in [0.29, 0.717) is 24.2 Å². The maximum absolute atomic E-state index is 12.6. The maximum Gasteiger partial charge on any atom is 0.270 e. The van der Waals surface area contributed by atoms with Gasteiger partial charge >= 0.3 is 0 Å². The SMILES string of the molecule is Cc1nc(-c2ccc(CCNC(=O)c3cc([N+](=O)[O-])ccc3N(C)C)cc2)cs1. The van der Waals surface area contributed by atoms with E-state index in [2.05, 4.69) is 10.3 Å². The van der Waals surface area contributed by atoms with Crippen LogP contribution in [0.25, 0.3) is 11.3 Å². The van der Waals surface area contributed by atoms with Gasteiger partial charge in [0, 0.05) is 49.4 Å². The van der Waals surface area contributed by atoms with E-state index in [1.807, 2.05) is 36.6 Å². The average molecular weight is 410 g/mol. The van der Waals surface area contributed by atoms with Crippen LogP contribution < -0.4 is 10.2 Å². The van der Waals surface area contributed by atoms with Gasteiger partial charge in [-0.2, -0.15) is 0 Å². The van der Waals surface area contributed by atoms with Gasteiger partial charge in [-0.05, 0) is 25.0 Å². The average Bonchev–Trinajstić information content (AvgIpc) is 3.14. The lowest BCUT2D eigenvalue weighted by atomic mass is 10.1. The number of benzene rings is 2. The number of nitro benzene ring substituents is 1. The number of hydrogen-bond donors (Lipinski definition) is 1. The van der Waals surface area contributed by atoms with E-state index in [-0.39, 0.29) is 11.6 Å². The second-order valence-corrected chi connectivity index (χ2v) is 7.87. The summed E-state index contributed by atoms with van der Waals surface area (Å²) in [7, 11) is 3.59. The number of nitrogens with zero attached hydrogens (tertiary/aromatic N) is 3. The molecule has 0 aliphatic carbocycles. The van der Waals surface area contributed by atoms with Gasteiger partial charge in [-0.1, -0.05) is 24.3 Å². The Balaban J connectivity index is 1.64. The largest absolute Gasteiger partial charge is 0.377 e. The van der Waals surface area contributed by atoms with Crippen molar-refractivity contribution in [3.63, 3.8) is 0 Å². The number of rotatable bonds is 7. The number of thiazole rings is 1. The number of aryl methyl sites for hydroxylation is 1. The van der Waals surface area contributed by atoms with Crippen molar-refractivity contribution >= 4 is 28.6 Å². The molecule has 1 amide bonds. The summed E-state index contributed by atoms with van der Waals surface area (Å²) >= 11 is 1.62. The Bertz CT molecular complexity index is 1030. The molecule has 1 heterocycles. The number of carbonyl (C=O) groups is 1. The van der Waals surface area contributed by atoms with Crippen LogP contribution in [0, 0.1) is 17.0 Å². The molecule has 29 heavy (non-hydrogen) atoms. The zero-order valence-electron chi connectivity index (χ0n) is 16.5. The van der Waals surface area contributed by atoms with Crippen molar-refractivity contribution in [3.8, 4) is 11.3 Å². The van der Waals surface area contributed by atoms with Crippen LogP contribution in [0.2, 0.25) is 0 Å². The molecule has 0 fully saturated rings. The first kappa shape index (κ1) is 20.5. The number of anilines is 1. The van der Waals surface area contributed by atoms with Crippen LogP contribution in [0.5, 0.6) is 0 Å². The molecule has 3 aromatic rings. The molecule has 0 unspecified atom stereocenters. The number of non-ortho nitro benzene ring substituents is 1. The Morgan fingerprint density at radius 2 is 1.93 bits per heavy atom. The van der Waals surface area contributed by atoms with Gasteiger partial charge in [0.25, 0.3) is 11.6 Å². The van der Waals surface area contributed by atoms with Gasteiger partial charge in [0.1, 0.15) is 0 Å². The van der Waals surface area contributed by atoms with E-state index in [1.54, 1.807) is 36.4 Å². The lowest BCUT2D eigenvalue weighted by molar-refractivity contribution is -0.384. The Labute approximate surface area is 173 Å². The van der Waals surface area contributed by atoms with Crippen molar-refractivity contribution in [2.45, 2.75) is 13.3 Å². The topological polar surface area (TPSA) is 88.4 Å². The van der Waals surface area contributed by atoms with Crippen LogP contribution in [-0.2, 0) is 6.42 Å². The minimum atomic E-state index is -0.498. The molecule has 0 aliphatic heterocycles. The summed E-state index contributed by atoms with van der Waals surface area (Å²) in [6, 6.07) is 12.4. The monoisotopic (exact) mass is 410 g/mol. The lowest BCUT2D eigenvalue weighted by Crippen LogP contribution is -2.27. The molecule has 0 bridgehead atoms. The van der Waals surface area contributed by atoms with Crippen molar-refractivity contribution in [1.82, 2.24) is 10.3 Å². The Morgan fingerprint density at radius 3 is 2.52 bits per heavy atom. The van der Waals surface area contributed by atoms with Gasteiger partial charge in [0.2, 0.25) is 0 Å². The number of amides is 1. The number of carbonyl (C=O) groups excluding carboxylic acids is 1. The molecule has 0 saturated carbocycles. The summed E-state index contributed by atoms with van der Waals surface area (Å²) in [5, 5.41) is 17.0. The zero-order valence-corrected chi connectivity index (χ0v) is 17.3. The Kier molecular flexibility index (Phi) is 6.23. The normalized spacial score (nSPS) is 10.6. The van der Waals surface area contributed by atoms with E-state index in [9.17, 15) is 14.9 Å². The van der Waals surface area contributed by atoms with Crippen molar-refractivity contribution in [2.24, 2.45) is 0 Å². The summed E-state index contributed by atoms with van der Waals surface area (Å²) in [5.74, 6) is -0.327. The van der Waals surface area contributed by atoms with Gasteiger partial charge in [-0.15, -0.1) is 11.3 Å². The Hall–Kier alpha value is -3.26. The summed E-state index contributed by atoms with van der Waals surface area (Å²) in [4.78, 5) is 29.4. The predicted octanol–water partition coefficient (Wildman–Crippen LogP) is 4.07. The quantitative estimate of drug-likeness (QED) is 0.469. The molecule has 1 N–H and O–H groups in total. The number of nitro groups is 1. The highest BCUT2D eigenvalue weighted by Gasteiger charge is 2.17. The fourth-order valence-corrected chi connectivity index (χ4v) is 3.59. The fraction of sp³-hybridized carbons (Fsp3) is 0.238. The lowest BCUT2D eigenvalue weighted by Gasteiger charge is -2.17. The summed E-state index contributed by atoms with van der Waals surface area (Å²) in [6.07, 6.45) is 0.661. The van der Waals surface area contributed by atoms with E-state index >= 15 is 0 Å². The molecular weight excluding hydrogens is 388 g/mol. The molecule has 0 saturated heterocycles. The molecule has 0 atom stereocenters. The molecule has 1 aromatic heterocycles. The second-order valence-electron chi connectivity index (χ2n) is 6.81. The van der Waals surface area contributed by atoms with Crippen LogP contribution in [0.1, 0.15) is 20.9 Å². The van der Waals surface area contributed by atoms with Crippen molar-refractivity contribution < 1.29 is 9.72 Å². The van der Waals surface area contributed by atoms with Crippen LogP contribution in [0.3, 0.4) is 0 Å². The van der Waals surface area contributed by atoms with Gasteiger partial charge in [-0.25, -0.2) is 4.98 Å². The van der Waals surface area contributed by atoms with E-state index in [0.717, 1.165) is 21.8 Å². The second kappa shape index (κ2) is 8.83. The van der Waals surface area contributed by atoms with Gasteiger partial charge in [-0.3, -0.25) is 14.9 Å². The third kappa shape index (κ3) is 4.97. The molecular formula is C21H22N4O3S. The van der Waals surface area contributed by atoms with E-state index in [4.69, 9.17) is 0 Å². The van der Waals surface area contributed by atoms with Gasteiger partial charge < -0.3 is 10.2 Å². The highest BCUT2D eigenvalue weighted by atomic mass is 32.1. The molecule has 0 radical (unpaired) electrons. The number of nitrogens with one attached hydrogen (secondary N) is 1. The predicted molar refractivity (Wildman–Crippen MR) is 116 cm³/mol. The van der Waals surface area contributed by atoms with Gasteiger partial charge in [0.15, 0.2) is 0 Å². The third-order valence-corrected chi connectivity index (χ3v) is 5.26. The molecule has 3 rings (SSSR count). The molecule has 150 valence electrons. The molecule has 0 aliphatic rings. The van der Waals surface area contributed by atoms with Crippen LogP contribution in [0.4, 0.5) is 11.4 Å². The molecule has 7 nitrogen and oxygen atoms in total. The molecule has 0 spiro atoms. The van der Waals surface area contributed by atoms with Crippen molar-refractivity contribution in [3.05, 3.63) is 74.1 Å². The fourth-order valence-electron chi connectivity index (χ4n) is 2.96. The Morgan fingerprint density at radius 1 is 1.21 bits per heavy atom. The maximum atomic E-state index is 12.6. The van der Waals surface area contributed by atoms with Crippen LogP contribution >= 0.6 is 11.3 Å². The third-order valence-electron chi connectivity index (χ3n) is 4.49. The number of aromatic nitrogens is 1. The van der Waals surface area contributed by atoms with Crippen molar-refractivity contribution in [2.75, 3.05) is 25.5 Å². The summed E-state index contributed by atoms with van der Waals surface area (Å²) in [6.45, 7) is 2.41. The standard InChI is InChI=1S/C21H22N4O3S/c1-14-23-19(13-29-14)16-6-4-15(5-7-16)10-11-22-21(26)18-12-17(25(27)28)8-9-20(18)24(2)3/h4-9,12-13H,10-11H2,1-3H3,(H,22,26). The summed E-state index contributed by atoms with van der Waals surface area (Å²) < 4.78 is 0. The first-order valence-electron chi connectivity index (χ1n) is 9.10. The first-order valence-corrected chi connectivity index (χ1v) is 9.98. The number of hydrogen-bond acceptors (Lipinski definition) is 6. The van der Waals surface area contributed by atoms with Crippen LogP contribution in [-0.4, -0.2) is 36.5 Å². The summed E-state index contributed by atoms with van der Waals surface area (Å²) in [5.41, 5.74) is 3.94. The van der Waals surface area contributed by atoms with E-state index < -0.39 is 4.92 Å². The smallest absolute Gasteiger partial charge is 0.270 e. The first-order chi connectivity index (χ1) is 13.8. The highest BCUT2D eigenvalue weighted by molar-refractivity contribution is 7.09. The van der Waals surface area contributed by atoms with E-state index in [1.165, 1.54) is 12.1 Å². The highest BCUT2D eigenvalue weighted by Crippen LogP contribution is 2.24. The van der Waals surface area contributed by atoms with Gasteiger partial charge in [0.05, 0.1) is 21.2 Å². The minimum Gasteiger partial charge on any atom is -0.377 e. The molecule has 2 aromatic carbocycles. The minimum absolute atomic E-state index is 0.103.